The minimum absolute atomic E-state index is 0.417. The van der Waals surface area contributed by atoms with Crippen LogP contribution in [0.15, 0.2) is 23.1 Å². The first kappa shape index (κ1) is 13.1. The van der Waals surface area contributed by atoms with Gasteiger partial charge in [-0.1, -0.05) is 25.8 Å². The molecule has 0 atom stereocenters. The van der Waals surface area contributed by atoms with Crippen LogP contribution in [0.25, 0.3) is 0 Å². The van der Waals surface area contributed by atoms with Gasteiger partial charge in [-0.05, 0) is 36.8 Å². The Balaban J connectivity index is 2.61. The average Bonchev–Trinajstić information content (AvgIpc) is 2.26. The van der Waals surface area contributed by atoms with Crippen LogP contribution in [0.2, 0.25) is 0 Å². The Labute approximate surface area is 101 Å². The number of aryl methyl sites for hydroxylation is 1. The summed E-state index contributed by atoms with van der Waals surface area (Å²) in [5.41, 5.74) is 1.24. The molecule has 2 nitrogen and oxygen atoms in total. The van der Waals surface area contributed by atoms with Crippen molar-refractivity contribution in [3.63, 3.8) is 0 Å². The molecule has 1 rings (SSSR count). The van der Waals surface area contributed by atoms with Gasteiger partial charge in [0.2, 0.25) is 0 Å². The maximum atomic E-state index is 10.9. The van der Waals surface area contributed by atoms with E-state index in [4.69, 9.17) is 5.11 Å². The summed E-state index contributed by atoms with van der Waals surface area (Å²) in [4.78, 5) is 12.0. The summed E-state index contributed by atoms with van der Waals surface area (Å²) in [6.07, 6.45) is 3.65. The fraction of sp³-hybridized carbons (Fsp3) is 0.462. The Morgan fingerprint density at radius 2 is 2.12 bits per heavy atom. The van der Waals surface area contributed by atoms with Crippen LogP contribution in [-0.2, 0) is 0 Å². The number of benzene rings is 1. The van der Waals surface area contributed by atoms with Crippen LogP contribution in [0.4, 0.5) is 0 Å². The monoisotopic (exact) mass is 238 g/mol. The van der Waals surface area contributed by atoms with Crippen molar-refractivity contribution in [2.45, 2.75) is 38.0 Å². The molecule has 0 fully saturated rings. The van der Waals surface area contributed by atoms with E-state index in [1.807, 2.05) is 19.1 Å². The van der Waals surface area contributed by atoms with Gasteiger partial charge in [0.25, 0.3) is 0 Å². The zero-order valence-electron chi connectivity index (χ0n) is 9.82. The predicted octanol–water partition coefficient (Wildman–Crippen LogP) is 3.98. The molecule has 0 unspecified atom stereocenters. The highest BCUT2D eigenvalue weighted by atomic mass is 32.2. The number of unbranched alkanes of at least 4 members (excludes halogenated alkanes) is 2. The molecule has 0 amide bonds. The minimum atomic E-state index is -0.839. The van der Waals surface area contributed by atoms with Crippen molar-refractivity contribution in [1.29, 1.82) is 0 Å². The van der Waals surface area contributed by atoms with Crippen LogP contribution < -0.4 is 0 Å². The van der Waals surface area contributed by atoms with Crippen molar-refractivity contribution in [1.82, 2.24) is 0 Å². The lowest BCUT2D eigenvalue weighted by atomic mass is 10.1. The number of hydrogen-bond donors (Lipinski definition) is 1. The molecule has 88 valence electrons. The van der Waals surface area contributed by atoms with Crippen LogP contribution in [0.3, 0.4) is 0 Å². The van der Waals surface area contributed by atoms with E-state index in [2.05, 4.69) is 6.92 Å². The van der Waals surface area contributed by atoms with Gasteiger partial charge in [-0.2, -0.15) is 0 Å². The van der Waals surface area contributed by atoms with Gasteiger partial charge >= 0.3 is 5.97 Å². The summed E-state index contributed by atoms with van der Waals surface area (Å²) >= 11 is 1.74. The van der Waals surface area contributed by atoms with Crippen molar-refractivity contribution in [3.8, 4) is 0 Å². The van der Waals surface area contributed by atoms with Gasteiger partial charge in [0.1, 0.15) is 0 Å². The van der Waals surface area contributed by atoms with Gasteiger partial charge in [-0.25, -0.2) is 4.79 Å². The molecule has 0 aliphatic carbocycles. The van der Waals surface area contributed by atoms with Gasteiger partial charge in [-0.3, -0.25) is 0 Å². The highest BCUT2D eigenvalue weighted by Gasteiger charge is 2.07. The quantitative estimate of drug-likeness (QED) is 0.601. The molecule has 0 radical (unpaired) electrons. The summed E-state index contributed by atoms with van der Waals surface area (Å²) in [6, 6.07) is 5.65. The second-order valence-corrected chi connectivity index (χ2v) is 5.01. The van der Waals surface area contributed by atoms with Gasteiger partial charge in [0.15, 0.2) is 0 Å². The van der Waals surface area contributed by atoms with E-state index in [9.17, 15) is 4.79 Å². The molecule has 0 heterocycles. The SMILES string of the molecule is CCCCCSc1ccc(C)c(C(=O)O)c1. The summed E-state index contributed by atoms with van der Waals surface area (Å²) in [5.74, 6) is 0.226. The number of aromatic carboxylic acids is 1. The summed E-state index contributed by atoms with van der Waals surface area (Å²) in [6.45, 7) is 4.01. The molecule has 16 heavy (non-hydrogen) atoms. The Kier molecular flexibility index (Phi) is 5.39. The Morgan fingerprint density at radius 1 is 1.38 bits per heavy atom. The Morgan fingerprint density at radius 3 is 2.75 bits per heavy atom. The number of carboxylic acid groups (broad SMARTS) is 1. The van der Waals surface area contributed by atoms with E-state index in [0.29, 0.717) is 5.56 Å². The summed E-state index contributed by atoms with van der Waals surface area (Å²) in [5, 5.41) is 8.99. The summed E-state index contributed by atoms with van der Waals surface area (Å²) in [7, 11) is 0. The largest absolute Gasteiger partial charge is 0.478 e. The molecule has 0 spiro atoms. The van der Waals surface area contributed by atoms with Gasteiger partial charge in [0.05, 0.1) is 5.56 Å². The molecule has 3 heteroatoms. The van der Waals surface area contributed by atoms with Crippen LogP contribution in [0, 0.1) is 6.92 Å². The molecule has 0 aliphatic heterocycles. The third kappa shape index (κ3) is 3.89. The molecule has 0 aromatic heterocycles. The first-order valence-corrected chi connectivity index (χ1v) is 6.60. The van der Waals surface area contributed by atoms with E-state index in [1.165, 1.54) is 19.3 Å². The van der Waals surface area contributed by atoms with E-state index >= 15 is 0 Å². The number of thioether (sulfide) groups is 1. The first-order chi connectivity index (χ1) is 7.65. The van der Waals surface area contributed by atoms with Crippen LogP contribution in [0.5, 0.6) is 0 Å². The van der Waals surface area contributed by atoms with Gasteiger partial charge < -0.3 is 5.11 Å². The molecule has 0 saturated heterocycles. The Bertz CT molecular complexity index is 361. The average molecular weight is 238 g/mol. The van der Waals surface area contributed by atoms with E-state index in [1.54, 1.807) is 17.8 Å². The number of hydrogen-bond acceptors (Lipinski definition) is 2. The first-order valence-electron chi connectivity index (χ1n) is 5.62. The topological polar surface area (TPSA) is 37.3 Å². The predicted molar refractivity (Wildman–Crippen MR) is 68.4 cm³/mol. The molecule has 0 aliphatic rings. The second-order valence-electron chi connectivity index (χ2n) is 3.84. The van der Waals surface area contributed by atoms with E-state index in [0.717, 1.165) is 16.2 Å². The smallest absolute Gasteiger partial charge is 0.335 e. The van der Waals surface area contributed by atoms with Crippen LogP contribution in [-0.4, -0.2) is 16.8 Å². The molecular weight excluding hydrogens is 220 g/mol. The highest BCUT2D eigenvalue weighted by molar-refractivity contribution is 7.99. The highest BCUT2D eigenvalue weighted by Crippen LogP contribution is 2.22. The maximum Gasteiger partial charge on any atom is 0.335 e. The third-order valence-corrected chi connectivity index (χ3v) is 3.54. The van der Waals surface area contributed by atoms with Crippen LogP contribution in [0.1, 0.15) is 42.1 Å². The van der Waals surface area contributed by atoms with Crippen molar-refractivity contribution in [2.24, 2.45) is 0 Å². The van der Waals surface area contributed by atoms with E-state index < -0.39 is 5.97 Å². The number of carboxylic acids is 1. The fourth-order valence-electron chi connectivity index (χ4n) is 1.46. The van der Waals surface area contributed by atoms with Gasteiger partial charge in [0, 0.05) is 4.90 Å². The number of rotatable bonds is 6. The molecule has 1 N–H and O–H groups in total. The van der Waals surface area contributed by atoms with Crippen molar-refractivity contribution >= 4 is 17.7 Å². The molecule has 1 aromatic rings. The molecule has 1 aromatic carbocycles. The lowest BCUT2D eigenvalue weighted by molar-refractivity contribution is 0.0696. The molecule has 0 saturated carbocycles. The fourth-order valence-corrected chi connectivity index (χ4v) is 2.41. The zero-order valence-corrected chi connectivity index (χ0v) is 10.6. The zero-order chi connectivity index (χ0) is 12.0. The minimum Gasteiger partial charge on any atom is -0.478 e. The third-order valence-electron chi connectivity index (χ3n) is 2.46. The Hall–Kier alpha value is -0.960. The molecular formula is C13H18O2S. The van der Waals surface area contributed by atoms with Crippen molar-refractivity contribution in [2.75, 3.05) is 5.75 Å². The standard InChI is InChI=1S/C13H18O2S/c1-3-4-5-8-16-11-7-6-10(2)12(9-11)13(14)15/h6-7,9H,3-5,8H2,1-2H3,(H,14,15). The summed E-state index contributed by atoms with van der Waals surface area (Å²) < 4.78 is 0. The van der Waals surface area contributed by atoms with Crippen molar-refractivity contribution < 1.29 is 9.90 Å². The van der Waals surface area contributed by atoms with E-state index in [-0.39, 0.29) is 0 Å². The van der Waals surface area contributed by atoms with Crippen molar-refractivity contribution in [3.05, 3.63) is 29.3 Å². The number of carbonyl (C=O) groups is 1. The lowest BCUT2D eigenvalue weighted by Crippen LogP contribution is -1.99. The molecule has 0 bridgehead atoms. The maximum absolute atomic E-state index is 10.9. The van der Waals surface area contributed by atoms with Gasteiger partial charge in [-0.15, -0.1) is 11.8 Å². The normalized spacial score (nSPS) is 10.4. The van der Waals surface area contributed by atoms with Crippen LogP contribution >= 0.6 is 11.8 Å². The lowest BCUT2D eigenvalue weighted by Gasteiger charge is -2.05. The second kappa shape index (κ2) is 6.59.